The molecule has 0 bridgehead atoms. The third-order valence-corrected chi connectivity index (χ3v) is 22.6. The zero-order chi connectivity index (χ0) is 71.4. The van der Waals surface area contributed by atoms with Crippen LogP contribution in [0.3, 0.4) is 0 Å². The summed E-state index contributed by atoms with van der Waals surface area (Å²) >= 11 is 24.5. The van der Waals surface area contributed by atoms with Gasteiger partial charge in [0, 0.05) is 49.3 Å². The fourth-order valence-electron chi connectivity index (χ4n) is 6.52. The first kappa shape index (κ1) is 87.6. The minimum Gasteiger partial charge on any atom is -0.478 e. The average Bonchev–Trinajstić information content (AvgIpc) is 0.774. The summed E-state index contributed by atoms with van der Waals surface area (Å²) in [6, 6.07) is 28.6. The third-order valence-electron chi connectivity index (χ3n) is 11.8. The fourth-order valence-corrected chi connectivity index (χ4v) is 14.2. The lowest BCUT2D eigenvalue weighted by Crippen LogP contribution is -2.24. The van der Waals surface area contributed by atoms with E-state index in [2.05, 4.69) is 155 Å². The molecule has 0 amide bonds. The summed E-state index contributed by atoms with van der Waals surface area (Å²) in [6.45, 7) is 10.5. The van der Waals surface area contributed by atoms with Crippen molar-refractivity contribution < 1.29 is 97.5 Å². The molecule has 0 fully saturated rings. The van der Waals surface area contributed by atoms with Crippen LogP contribution < -0.4 is 0 Å². The second-order valence-corrected chi connectivity index (χ2v) is 29.6. The van der Waals surface area contributed by atoms with Gasteiger partial charge in [-0.25, -0.2) is 37.2 Å². The topological polar surface area (TPSA) is 231 Å². The quantitative estimate of drug-likeness (QED) is 0.0426. The van der Waals surface area contributed by atoms with Crippen molar-refractivity contribution in [2.24, 2.45) is 0 Å². The molecule has 0 unspecified atom stereocenters. The van der Waals surface area contributed by atoms with E-state index in [-0.39, 0.29) is 56.3 Å². The number of halogens is 14. The number of carbonyl (C=O) groups excluding carboxylic acids is 5. The summed E-state index contributed by atoms with van der Waals surface area (Å²) in [4.78, 5) is 78.4. The zero-order valence-electron chi connectivity index (χ0n) is 49.6. The maximum Gasteiger partial charge on any atom is 0.501 e. The number of carbonyl (C=O) groups is 7. The number of sulfone groups is 1. The Morgan fingerprint density at radius 2 is 0.777 bits per heavy atom. The van der Waals surface area contributed by atoms with Crippen LogP contribution >= 0.6 is 164 Å². The van der Waals surface area contributed by atoms with Gasteiger partial charge in [0.25, 0.3) is 9.84 Å². The highest BCUT2D eigenvalue weighted by molar-refractivity contribution is 14.1. The number of ether oxygens (including phenoxy) is 4. The molecule has 0 radical (unpaired) electrons. The molecule has 32 heteroatoms. The van der Waals surface area contributed by atoms with Gasteiger partial charge >= 0.3 is 46.8 Å². The first-order chi connectivity index (χ1) is 43.0. The summed E-state index contributed by atoms with van der Waals surface area (Å²) in [6.07, 6.45) is 0. The van der Waals surface area contributed by atoms with Gasteiger partial charge in [-0.3, -0.25) is 4.79 Å². The lowest BCUT2D eigenvalue weighted by atomic mass is 10.1. The van der Waals surface area contributed by atoms with E-state index in [1.54, 1.807) is 67.6 Å². The number of methoxy groups -OCH3 is 4. The van der Waals surface area contributed by atoms with Gasteiger partial charge in [-0.15, -0.1) is 0 Å². The molecule has 0 saturated heterocycles. The van der Waals surface area contributed by atoms with E-state index in [0.29, 0.717) is 43.9 Å². The smallest absolute Gasteiger partial charge is 0.478 e. The van der Waals surface area contributed by atoms with E-state index >= 15 is 0 Å². The van der Waals surface area contributed by atoms with Crippen molar-refractivity contribution in [2.75, 3.05) is 28.4 Å². The molecular formula is C62H54Br6F6I2O15S3. The van der Waals surface area contributed by atoms with Gasteiger partial charge in [0.2, 0.25) is 5.12 Å². The lowest BCUT2D eigenvalue weighted by Gasteiger charge is -2.13. The molecule has 0 aliphatic carbocycles. The number of alkyl halides is 6. The van der Waals surface area contributed by atoms with Crippen molar-refractivity contribution in [3.8, 4) is 0 Å². The molecule has 7 aromatic rings. The second kappa shape index (κ2) is 39.9. The van der Waals surface area contributed by atoms with Crippen LogP contribution in [0.25, 0.3) is 0 Å². The number of benzene rings is 7. The number of hydrogen-bond acceptors (Lipinski definition) is 15. The number of carboxylic acids is 2. The Morgan fingerprint density at radius 3 is 1.15 bits per heavy atom. The Labute approximate surface area is 624 Å². The monoisotopic (exact) mass is 1980 g/mol. The average molecular weight is 1980 g/mol. The van der Waals surface area contributed by atoms with Crippen LogP contribution in [0.1, 0.15) is 113 Å². The summed E-state index contributed by atoms with van der Waals surface area (Å²) in [5.74, 6) is -4.13. The van der Waals surface area contributed by atoms with Crippen molar-refractivity contribution >= 4 is 215 Å². The summed E-state index contributed by atoms with van der Waals surface area (Å²) in [5.41, 5.74) is -3.35. The fraction of sp³-hybridized carbons (Fsp3) is 0.210. The molecule has 94 heavy (non-hydrogen) atoms. The van der Waals surface area contributed by atoms with Crippen LogP contribution in [0.4, 0.5) is 26.3 Å². The van der Waals surface area contributed by atoms with E-state index in [4.69, 9.17) is 14.9 Å². The first-order valence-electron chi connectivity index (χ1n) is 25.2. The van der Waals surface area contributed by atoms with Gasteiger partial charge in [0.15, 0.2) is 0 Å². The molecule has 0 aliphatic heterocycles. The maximum absolute atomic E-state index is 12.5. The summed E-state index contributed by atoms with van der Waals surface area (Å²) in [7, 11) is -0.613. The molecule has 0 aromatic heterocycles. The predicted molar refractivity (Wildman–Crippen MR) is 386 cm³/mol. The normalized spacial score (nSPS) is 10.6. The number of hydrogen-bond donors (Lipinski definition) is 2. The van der Waals surface area contributed by atoms with E-state index in [0.717, 1.165) is 71.1 Å². The van der Waals surface area contributed by atoms with Crippen LogP contribution in [0.15, 0.2) is 151 Å². The van der Waals surface area contributed by atoms with Gasteiger partial charge in [-0.05, 0) is 216 Å². The highest BCUT2D eigenvalue weighted by Crippen LogP contribution is 2.41. The SMILES string of the molecule is C.COC(=O)c1cc(Br)c(C)c(I)c1.COC(=O)c1cc(Br)c(C)c(S(=O)(=O)C(F)(F)F)c1.COC(=O)c1cc(Br)c(C)c(SC(=O)c2ccccc2)c1.COC(=O)c1cc(Br)c(C)c(SC(F)(F)F)c1.Cc1c(Br)cc(C(=O)O)cc1I.Cc1ccc(C(=O)O)cc1Br. The predicted octanol–water partition coefficient (Wildman–Crippen LogP) is 20.8. The van der Waals surface area contributed by atoms with Gasteiger partial charge in [0.05, 0.1) is 66.7 Å². The number of thioether (sulfide) groups is 2. The van der Waals surface area contributed by atoms with E-state index in [1.807, 2.05) is 52.0 Å². The lowest BCUT2D eigenvalue weighted by molar-refractivity contribution is -0.0437. The van der Waals surface area contributed by atoms with Gasteiger partial charge < -0.3 is 29.2 Å². The molecular weight excluding hydrogens is 1930 g/mol. The first-order valence-corrected chi connectivity index (χ1v) is 35.2. The van der Waals surface area contributed by atoms with Crippen molar-refractivity contribution in [1.82, 2.24) is 0 Å². The Bertz CT molecular complexity index is 4010. The maximum atomic E-state index is 12.5. The van der Waals surface area contributed by atoms with Crippen molar-refractivity contribution in [2.45, 2.75) is 74.7 Å². The van der Waals surface area contributed by atoms with Crippen LogP contribution in [0.5, 0.6) is 0 Å². The Morgan fingerprint density at radius 1 is 0.436 bits per heavy atom. The molecule has 15 nitrogen and oxygen atoms in total. The molecule has 7 aromatic carbocycles. The molecule has 0 aliphatic rings. The van der Waals surface area contributed by atoms with E-state index < -0.39 is 55.6 Å². The molecule has 0 saturated carbocycles. The van der Waals surface area contributed by atoms with Crippen molar-refractivity contribution in [1.29, 1.82) is 0 Å². The Balaban J connectivity index is 0.000000571. The minimum atomic E-state index is -5.53. The second-order valence-electron chi connectivity index (χ2n) is 18.2. The van der Waals surface area contributed by atoms with Gasteiger partial charge in [-0.1, -0.05) is 139 Å². The molecule has 0 heterocycles. The number of aryl methyl sites for hydroxylation is 1. The molecule has 0 atom stereocenters. The Hall–Kier alpha value is -4.40. The van der Waals surface area contributed by atoms with E-state index in [9.17, 15) is 68.3 Å². The molecule has 0 spiro atoms. The van der Waals surface area contributed by atoms with Crippen LogP contribution in [0, 0.1) is 48.7 Å². The summed E-state index contributed by atoms with van der Waals surface area (Å²) in [5, 5.41) is 17.2. The number of carboxylic acid groups (broad SMARTS) is 2. The Kier molecular flexibility index (Phi) is 37.2. The third kappa shape index (κ3) is 26.8. The van der Waals surface area contributed by atoms with E-state index in [1.165, 1.54) is 46.5 Å². The number of aromatic carboxylic acids is 2. The van der Waals surface area contributed by atoms with Crippen LogP contribution in [-0.4, -0.2) is 99.0 Å². The van der Waals surface area contributed by atoms with Gasteiger partial charge in [0.1, 0.15) is 0 Å². The molecule has 508 valence electrons. The zero-order valence-corrected chi connectivity index (χ0v) is 65.9. The highest BCUT2D eigenvalue weighted by atomic mass is 127. The minimum absolute atomic E-state index is 0. The van der Waals surface area contributed by atoms with Crippen molar-refractivity contribution in [3.05, 3.63) is 215 Å². The van der Waals surface area contributed by atoms with Crippen LogP contribution in [-0.2, 0) is 28.8 Å². The van der Waals surface area contributed by atoms with Crippen LogP contribution in [0.2, 0.25) is 0 Å². The molecule has 7 rings (SSSR count). The standard InChI is InChI=1S/C16H13BrO3S.C10H8BrF3O4S.C10H8BrF3O2S.C9H8BrIO2.C8H6BrIO2.C8H7BrO2.CH4/c1-10-13(17)8-12(15(18)20-2)9-14(10)21-16(19)11-6-4-3-5-7-11;1-5-7(11)3-6(9(15)18-2)4-8(5)19(16,17)10(12,13)14;1-5-7(11)3-6(9(15)16-2)4-8(5)17-10(12,13)14;1-5-7(10)3-6(4-8(5)11)9(12)13-2;1-4-6(9)2-5(8(11)12)3-7(4)10;1-5-2-3-6(8(10)11)4-7(5)9;/h3-9H,1-2H3;3-4H,1-2H3;3-4H,1-2H3;3-4H,1-2H3;2-3H,1H3,(H,11,12);2-4H,1H3,(H,10,11);1H4. The highest BCUT2D eigenvalue weighted by Gasteiger charge is 2.48. The van der Waals surface area contributed by atoms with Gasteiger partial charge in [-0.2, -0.15) is 26.3 Å². The molecule has 2 N–H and O–H groups in total. The number of rotatable bonds is 10. The largest absolute Gasteiger partial charge is 0.501 e. The van der Waals surface area contributed by atoms with Crippen molar-refractivity contribution in [3.63, 3.8) is 0 Å². The number of esters is 4. The summed E-state index contributed by atoms with van der Waals surface area (Å²) < 4.78 is 121.